The lowest BCUT2D eigenvalue weighted by Gasteiger charge is -2.10. The number of carbonyl (C=O) groups excluding carboxylic acids is 1. The first-order chi connectivity index (χ1) is 14.9. The van der Waals surface area contributed by atoms with E-state index in [0.717, 1.165) is 11.3 Å². The molecule has 162 valence electrons. The van der Waals surface area contributed by atoms with Crippen molar-refractivity contribution in [2.75, 3.05) is 13.7 Å². The van der Waals surface area contributed by atoms with Gasteiger partial charge in [0.25, 0.3) is 5.91 Å². The van der Waals surface area contributed by atoms with Gasteiger partial charge in [-0.3, -0.25) is 4.79 Å². The number of hydrogen-bond donors (Lipinski definition) is 2. The van der Waals surface area contributed by atoms with Crippen molar-refractivity contribution in [3.8, 4) is 17.2 Å². The van der Waals surface area contributed by atoms with Crippen LogP contribution in [0.1, 0.15) is 11.1 Å². The summed E-state index contributed by atoms with van der Waals surface area (Å²) in [7, 11) is -2.18. The summed E-state index contributed by atoms with van der Waals surface area (Å²) in [6.45, 7) is 2.04. The first kappa shape index (κ1) is 22.3. The van der Waals surface area contributed by atoms with Crippen LogP contribution in [-0.2, 0) is 21.4 Å². The SMILES string of the molecule is CNS(=O)(=O)c1cccc(CNC(=O)COc2ccc(Oc3ccc(C)cc3)cc2)c1. The van der Waals surface area contributed by atoms with Gasteiger partial charge in [0, 0.05) is 6.54 Å². The van der Waals surface area contributed by atoms with Gasteiger partial charge in [-0.25, -0.2) is 13.1 Å². The Balaban J connectivity index is 1.47. The highest BCUT2D eigenvalue weighted by atomic mass is 32.2. The molecular formula is C23H24N2O5S. The van der Waals surface area contributed by atoms with Crippen LogP contribution in [0.4, 0.5) is 0 Å². The molecule has 0 spiro atoms. The average Bonchev–Trinajstić information content (AvgIpc) is 2.79. The minimum atomic E-state index is -3.53. The van der Waals surface area contributed by atoms with Crippen molar-refractivity contribution in [1.82, 2.24) is 10.0 Å². The van der Waals surface area contributed by atoms with E-state index in [1.807, 2.05) is 31.2 Å². The van der Waals surface area contributed by atoms with Crippen molar-refractivity contribution in [2.24, 2.45) is 0 Å². The Morgan fingerprint density at radius 3 is 2.16 bits per heavy atom. The lowest BCUT2D eigenvalue weighted by molar-refractivity contribution is -0.123. The van der Waals surface area contributed by atoms with E-state index < -0.39 is 10.0 Å². The molecule has 8 heteroatoms. The first-order valence-electron chi connectivity index (χ1n) is 9.62. The van der Waals surface area contributed by atoms with Gasteiger partial charge < -0.3 is 14.8 Å². The van der Waals surface area contributed by atoms with Gasteiger partial charge >= 0.3 is 0 Å². The molecule has 0 atom stereocenters. The molecule has 0 unspecified atom stereocenters. The molecule has 0 aliphatic rings. The normalized spacial score (nSPS) is 11.0. The fourth-order valence-electron chi connectivity index (χ4n) is 2.69. The largest absolute Gasteiger partial charge is 0.484 e. The van der Waals surface area contributed by atoms with Crippen LogP contribution in [-0.4, -0.2) is 28.0 Å². The van der Waals surface area contributed by atoms with E-state index in [1.54, 1.807) is 36.4 Å². The minimum Gasteiger partial charge on any atom is -0.484 e. The molecule has 0 aliphatic carbocycles. The molecule has 0 heterocycles. The number of hydrogen-bond acceptors (Lipinski definition) is 5. The van der Waals surface area contributed by atoms with Gasteiger partial charge in [-0.1, -0.05) is 29.8 Å². The third-order valence-electron chi connectivity index (χ3n) is 4.42. The summed E-state index contributed by atoms with van der Waals surface area (Å²) in [5.41, 5.74) is 1.83. The van der Waals surface area contributed by atoms with Crippen molar-refractivity contribution in [1.29, 1.82) is 0 Å². The topological polar surface area (TPSA) is 93.7 Å². The smallest absolute Gasteiger partial charge is 0.258 e. The zero-order valence-corrected chi connectivity index (χ0v) is 18.1. The number of ether oxygens (including phenoxy) is 2. The van der Waals surface area contributed by atoms with Crippen LogP contribution in [0.15, 0.2) is 77.7 Å². The van der Waals surface area contributed by atoms with Gasteiger partial charge in [0.15, 0.2) is 6.61 Å². The second-order valence-electron chi connectivity index (χ2n) is 6.81. The van der Waals surface area contributed by atoms with Gasteiger partial charge in [-0.05, 0) is 68.1 Å². The molecule has 2 N–H and O–H groups in total. The molecule has 7 nitrogen and oxygen atoms in total. The van der Waals surface area contributed by atoms with E-state index in [1.165, 1.54) is 19.2 Å². The number of amides is 1. The van der Waals surface area contributed by atoms with Crippen LogP contribution in [0.2, 0.25) is 0 Å². The maximum Gasteiger partial charge on any atom is 0.258 e. The van der Waals surface area contributed by atoms with Gasteiger partial charge in [0.1, 0.15) is 17.2 Å². The van der Waals surface area contributed by atoms with Gasteiger partial charge in [-0.2, -0.15) is 0 Å². The molecule has 0 fully saturated rings. The number of rotatable bonds is 9. The van der Waals surface area contributed by atoms with E-state index in [4.69, 9.17) is 9.47 Å². The number of benzene rings is 3. The highest BCUT2D eigenvalue weighted by molar-refractivity contribution is 7.89. The summed E-state index contributed by atoms with van der Waals surface area (Å²) < 4.78 is 37.2. The molecule has 0 aliphatic heterocycles. The summed E-state index contributed by atoms with van der Waals surface area (Å²) in [6.07, 6.45) is 0. The number of carbonyl (C=O) groups is 1. The Labute approximate surface area is 182 Å². The van der Waals surface area contributed by atoms with E-state index in [2.05, 4.69) is 10.0 Å². The van der Waals surface area contributed by atoms with Crippen LogP contribution in [0.25, 0.3) is 0 Å². The van der Waals surface area contributed by atoms with Crippen molar-refractivity contribution in [3.05, 3.63) is 83.9 Å². The molecule has 0 saturated carbocycles. The highest BCUT2D eigenvalue weighted by Crippen LogP contribution is 2.24. The van der Waals surface area contributed by atoms with Crippen LogP contribution in [0.5, 0.6) is 17.2 Å². The molecule has 0 radical (unpaired) electrons. The lowest BCUT2D eigenvalue weighted by Crippen LogP contribution is -2.28. The summed E-state index contributed by atoms with van der Waals surface area (Å²) in [5, 5.41) is 2.71. The van der Waals surface area contributed by atoms with Crippen molar-refractivity contribution < 1.29 is 22.7 Å². The highest BCUT2D eigenvalue weighted by Gasteiger charge is 2.11. The van der Waals surface area contributed by atoms with Crippen LogP contribution in [0, 0.1) is 6.92 Å². The molecule has 0 bridgehead atoms. The van der Waals surface area contributed by atoms with Crippen LogP contribution in [0.3, 0.4) is 0 Å². The van der Waals surface area contributed by atoms with Crippen LogP contribution >= 0.6 is 0 Å². The lowest BCUT2D eigenvalue weighted by atomic mass is 10.2. The quantitative estimate of drug-likeness (QED) is 0.532. The maximum absolute atomic E-state index is 12.1. The Morgan fingerprint density at radius 1 is 0.903 bits per heavy atom. The predicted octanol–water partition coefficient (Wildman–Crippen LogP) is 3.39. The average molecular weight is 441 g/mol. The zero-order chi connectivity index (χ0) is 22.3. The molecule has 3 aromatic carbocycles. The fraction of sp³-hybridized carbons (Fsp3) is 0.174. The standard InChI is InChI=1S/C23H24N2O5S/c1-17-6-8-20(9-7-17)30-21-12-10-19(11-13-21)29-16-23(26)25-15-18-4-3-5-22(14-18)31(27,28)24-2/h3-14,24H,15-16H2,1-2H3,(H,25,26). The molecule has 0 aromatic heterocycles. The first-order valence-corrected chi connectivity index (χ1v) is 11.1. The molecular weight excluding hydrogens is 416 g/mol. The molecule has 1 amide bonds. The Morgan fingerprint density at radius 2 is 1.52 bits per heavy atom. The van der Waals surface area contributed by atoms with E-state index >= 15 is 0 Å². The number of aryl methyl sites for hydroxylation is 1. The Hall–Kier alpha value is -3.36. The summed E-state index contributed by atoms with van der Waals surface area (Å²) in [4.78, 5) is 12.2. The molecule has 31 heavy (non-hydrogen) atoms. The zero-order valence-electron chi connectivity index (χ0n) is 17.3. The summed E-state index contributed by atoms with van der Waals surface area (Å²) in [5.74, 6) is 1.62. The van der Waals surface area contributed by atoms with E-state index in [-0.39, 0.29) is 24.0 Å². The second kappa shape index (κ2) is 10.1. The predicted molar refractivity (Wildman–Crippen MR) is 118 cm³/mol. The van der Waals surface area contributed by atoms with Gasteiger partial charge in [0.05, 0.1) is 4.90 Å². The molecule has 3 aromatic rings. The Bertz CT molecular complexity index is 1130. The van der Waals surface area contributed by atoms with Crippen molar-refractivity contribution in [2.45, 2.75) is 18.4 Å². The van der Waals surface area contributed by atoms with Crippen molar-refractivity contribution >= 4 is 15.9 Å². The van der Waals surface area contributed by atoms with Crippen LogP contribution < -0.4 is 19.5 Å². The fourth-order valence-corrected chi connectivity index (χ4v) is 3.49. The molecule has 0 saturated heterocycles. The number of sulfonamides is 1. The monoisotopic (exact) mass is 440 g/mol. The number of nitrogens with one attached hydrogen (secondary N) is 2. The third-order valence-corrected chi connectivity index (χ3v) is 5.83. The molecule has 3 rings (SSSR count). The maximum atomic E-state index is 12.1. The van der Waals surface area contributed by atoms with Crippen molar-refractivity contribution in [3.63, 3.8) is 0 Å². The second-order valence-corrected chi connectivity index (χ2v) is 8.69. The summed E-state index contributed by atoms with van der Waals surface area (Å²) in [6, 6.07) is 21.1. The van der Waals surface area contributed by atoms with Gasteiger partial charge in [0.2, 0.25) is 10.0 Å². The summed E-state index contributed by atoms with van der Waals surface area (Å²) >= 11 is 0. The third kappa shape index (κ3) is 6.56. The Kier molecular flexibility index (Phi) is 7.28. The minimum absolute atomic E-state index is 0.144. The van der Waals surface area contributed by atoms with E-state index in [0.29, 0.717) is 17.1 Å². The van der Waals surface area contributed by atoms with E-state index in [9.17, 15) is 13.2 Å². The van der Waals surface area contributed by atoms with Gasteiger partial charge in [-0.15, -0.1) is 0 Å².